The molecule has 1 aliphatic rings. The maximum Gasteiger partial charge on any atom is 0.333 e. The van der Waals surface area contributed by atoms with Gasteiger partial charge in [-0.05, 0) is 42.5 Å². The summed E-state index contributed by atoms with van der Waals surface area (Å²) in [5.41, 5.74) is 1.16. The molecule has 0 bridgehead atoms. The van der Waals surface area contributed by atoms with Gasteiger partial charge in [-0.1, -0.05) is 6.07 Å². The standard InChI is InChI=1S/C16H15N3O3/c1-18-14(20)13(9-17)15(19(2)16(18)21)22-12-7-6-10-4-3-5-11(10)8-12/h6-8H,3-5H2,1-2H3. The molecular weight excluding hydrogens is 282 g/mol. The Morgan fingerprint density at radius 1 is 1.14 bits per heavy atom. The van der Waals surface area contributed by atoms with E-state index in [1.54, 1.807) is 6.07 Å². The molecule has 2 aromatic rings. The first-order chi connectivity index (χ1) is 10.5. The zero-order valence-electron chi connectivity index (χ0n) is 12.4. The lowest BCUT2D eigenvalue weighted by atomic mass is 10.1. The molecule has 22 heavy (non-hydrogen) atoms. The van der Waals surface area contributed by atoms with Crippen molar-refractivity contribution in [3.63, 3.8) is 0 Å². The van der Waals surface area contributed by atoms with Crippen molar-refractivity contribution in [3.8, 4) is 17.7 Å². The van der Waals surface area contributed by atoms with Gasteiger partial charge in [-0.25, -0.2) is 4.79 Å². The van der Waals surface area contributed by atoms with Gasteiger partial charge < -0.3 is 4.74 Å². The van der Waals surface area contributed by atoms with E-state index in [-0.39, 0.29) is 11.4 Å². The number of nitrogens with zero attached hydrogens (tertiary/aromatic N) is 3. The average molecular weight is 297 g/mol. The molecule has 6 nitrogen and oxygen atoms in total. The highest BCUT2D eigenvalue weighted by Crippen LogP contribution is 2.29. The third-order valence-electron chi connectivity index (χ3n) is 4.01. The predicted octanol–water partition coefficient (Wildman–Crippen LogP) is 1.24. The van der Waals surface area contributed by atoms with Gasteiger partial charge in [0.05, 0.1) is 0 Å². The third kappa shape index (κ3) is 2.11. The second-order valence-corrected chi connectivity index (χ2v) is 5.38. The summed E-state index contributed by atoms with van der Waals surface area (Å²) in [6.07, 6.45) is 3.17. The lowest BCUT2D eigenvalue weighted by molar-refractivity contribution is 0.421. The Balaban J connectivity index is 2.12. The first kappa shape index (κ1) is 14.1. The van der Waals surface area contributed by atoms with Crippen molar-refractivity contribution in [2.24, 2.45) is 14.1 Å². The van der Waals surface area contributed by atoms with Gasteiger partial charge in [0, 0.05) is 14.1 Å². The van der Waals surface area contributed by atoms with Gasteiger partial charge in [-0.2, -0.15) is 5.26 Å². The van der Waals surface area contributed by atoms with E-state index in [0.717, 1.165) is 23.8 Å². The van der Waals surface area contributed by atoms with Crippen molar-refractivity contribution in [3.05, 3.63) is 55.7 Å². The molecule has 1 aliphatic carbocycles. The fraction of sp³-hybridized carbons (Fsp3) is 0.312. The minimum Gasteiger partial charge on any atom is -0.439 e. The van der Waals surface area contributed by atoms with Gasteiger partial charge >= 0.3 is 5.69 Å². The first-order valence-corrected chi connectivity index (χ1v) is 7.02. The molecule has 0 saturated carbocycles. The van der Waals surface area contributed by atoms with Crippen LogP contribution in [-0.4, -0.2) is 9.13 Å². The minimum atomic E-state index is -0.651. The largest absolute Gasteiger partial charge is 0.439 e. The molecule has 0 atom stereocenters. The van der Waals surface area contributed by atoms with E-state index in [9.17, 15) is 14.9 Å². The van der Waals surface area contributed by atoms with Crippen LogP contribution >= 0.6 is 0 Å². The van der Waals surface area contributed by atoms with Crippen LogP contribution in [0.25, 0.3) is 0 Å². The average Bonchev–Trinajstić information content (AvgIpc) is 2.98. The van der Waals surface area contributed by atoms with E-state index < -0.39 is 11.2 Å². The molecule has 1 heterocycles. The summed E-state index contributed by atoms with van der Waals surface area (Å²) in [5, 5.41) is 9.21. The van der Waals surface area contributed by atoms with E-state index in [1.807, 2.05) is 18.2 Å². The normalized spacial score (nSPS) is 12.8. The number of nitriles is 1. The monoisotopic (exact) mass is 297 g/mol. The van der Waals surface area contributed by atoms with Crippen molar-refractivity contribution < 1.29 is 4.74 Å². The number of rotatable bonds is 2. The molecule has 0 unspecified atom stereocenters. The molecular formula is C16H15N3O3. The Morgan fingerprint density at radius 3 is 2.59 bits per heavy atom. The van der Waals surface area contributed by atoms with Crippen LogP contribution in [0.4, 0.5) is 0 Å². The number of aryl methyl sites for hydroxylation is 2. The molecule has 6 heteroatoms. The van der Waals surface area contributed by atoms with Gasteiger partial charge in [-0.15, -0.1) is 0 Å². The molecule has 1 aromatic carbocycles. The van der Waals surface area contributed by atoms with Gasteiger partial charge in [0.2, 0.25) is 5.88 Å². The summed E-state index contributed by atoms with van der Waals surface area (Å²) in [7, 11) is 2.82. The SMILES string of the molecule is Cn1c(Oc2ccc3c(c2)CCC3)c(C#N)c(=O)n(C)c1=O. The van der Waals surface area contributed by atoms with E-state index in [0.29, 0.717) is 5.75 Å². The van der Waals surface area contributed by atoms with Crippen LogP contribution in [0, 0.1) is 11.3 Å². The molecule has 3 rings (SSSR count). The van der Waals surface area contributed by atoms with Crippen LogP contribution in [0.5, 0.6) is 11.6 Å². The van der Waals surface area contributed by atoms with E-state index in [4.69, 9.17) is 4.74 Å². The van der Waals surface area contributed by atoms with Crippen LogP contribution in [-0.2, 0) is 26.9 Å². The van der Waals surface area contributed by atoms with Crippen molar-refractivity contribution in [1.29, 1.82) is 5.26 Å². The number of hydrogen-bond acceptors (Lipinski definition) is 4. The molecule has 112 valence electrons. The third-order valence-corrected chi connectivity index (χ3v) is 4.01. The highest BCUT2D eigenvalue weighted by atomic mass is 16.5. The van der Waals surface area contributed by atoms with Crippen LogP contribution in [0.1, 0.15) is 23.1 Å². The van der Waals surface area contributed by atoms with Crippen molar-refractivity contribution in [2.45, 2.75) is 19.3 Å². The molecule has 0 radical (unpaired) electrons. The molecule has 0 fully saturated rings. The summed E-state index contributed by atoms with van der Waals surface area (Å²) in [6.45, 7) is 0. The molecule has 0 saturated heterocycles. The topological polar surface area (TPSA) is 77.0 Å². The Kier molecular flexibility index (Phi) is 3.33. The summed E-state index contributed by atoms with van der Waals surface area (Å²) in [5.74, 6) is 0.508. The zero-order chi connectivity index (χ0) is 15.9. The summed E-state index contributed by atoms with van der Waals surface area (Å²) in [4.78, 5) is 24.0. The fourth-order valence-electron chi connectivity index (χ4n) is 2.76. The predicted molar refractivity (Wildman–Crippen MR) is 80.2 cm³/mol. The van der Waals surface area contributed by atoms with E-state index in [1.165, 1.54) is 29.8 Å². The highest BCUT2D eigenvalue weighted by Gasteiger charge is 2.18. The highest BCUT2D eigenvalue weighted by molar-refractivity contribution is 5.43. The Bertz CT molecular complexity index is 916. The van der Waals surface area contributed by atoms with Crippen LogP contribution < -0.4 is 16.0 Å². The van der Waals surface area contributed by atoms with Crippen molar-refractivity contribution in [2.75, 3.05) is 0 Å². The van der Waals surface area contributed by atoms with Crippen LogP contribution in [0.15, 0.2) is 27.8 Å². The Morgan fingerprint density at radius 2 is 1.86 bits per heavy atom. The van der Waals surface area contributed by atoms with Crippen molar-refractivity contribution in [1.82, 2.24) is 9.13 Å². The number of aromatic nitrogens is 2. The van der Waals surface area contributed by atoms with Gasteiger partial charge in [-0.3, -0.25) is 13.9 Å². The summed E-state index contributed by atoms with van der Waals surface area (Å²) >= 11 is 0. The summed E-state index contributed by atoms with van der Waals surface area (Å²) in [6, 6.07) is 7.52. The molecule has 1 aromatic heterocycles. The van der Waals surface area contributed by atoms with Gasteiger partial charge in [0.1, 0.15) is 11.8 Å². The second kappa shape index (κ2) is 5.19. The Labute approximate surface area is 126 Å². The fourth-order valence-corrected chi connectivity index (χ4v) is 2.76. The van der Waals surface area contributed by atoms with Crippen molar-refractivity contribution >= 4 is 0 Å². The zero-order valence-corrected chi connectivity index (χ0v) is 12.4. The maximum absolute atomic E-state index is 12.0. The smallest absolute Gasteiger partial charge is 0.333 e. The molecule has 0 aliphatic heterocycles. The van der Waals surface area contributed by atoms with Crippen LogP contribution in [0.2, 0.25) is 0 Å². The van der Waals surface area contributed by atoms with Gasteiger partial charge in [0.15, 0.2) is 5.56 Å². The number of hydrogen-bond donors (Lipinski definition) is 0. The molecule has 0 amide bonds. The van der Waals surface area contributed by atoms with Gasteiger partial charge in [0.25, 0.3) is 5.56 Å². The second-order valence-electron chi connectivity index (χ2n) is 5.38. The minimum absolute atomic E-state index is 0.0199. The Hall–Kier alpha value is -2.81. The lowest BCUT2D eigenvalue weighted by Gasteiger charge is -2.13. The quantitative estimate of drug-likeness (QED) is 0.835. The van der Waals surface area contributed by atoms with Crippen LogP contribution in [0.3, 0.4) is 0 Å². The van der Waals surface area contributed by atoms with E-state index >= 15 is 0 Å². The van der Waals surface area contributed by atoms with E-state index in [2.05, 4.69) is 0 Å². The molecule has 0 spiro atoms. The maximum atomic E-state index is 12.0. The first-order valence-electron chi connectivity index (χ1n) is 7.02. The molecule has 0 N–H and O–H groups in total. The lowest BCUT2D eigenvalue weighted by Crippen LogP contribution is -2.38. The number of benzene rings is 1. The number of ether oxygens (including phenoxy) is 1. The summed E-state index contributed by atoms with van der Waals surface area (Å²) < 4.78 is 7.77. The number of fused-ring (bicyclic) bond motifs is 1.